The lowest BCUT2D eigenvalue weighted by Crippen LogP contribution is -2.36. The second-order valence-electron chi connectivity index (χ2n) is 6.23. The molecule has 0 unspecified atom stereocenters. The number of hydrogen-bond donors (Lipinski definition) is 1. The quantitative estimate of drug-likeness (QED) is 0.920. The Hall–Kier alpha value is -2.02. The van der Waals surface area contributed by atoms with Crippen LogP contribution in [0.5, 0.6) is 0 Å². The third-order valence-electron chi connectivity index (χ3n) is 2.83. The third kappa shape index (κ3) is 3.79. The molecule has 0 aliphatic rings. The van der Waals surface area contributed by atoms with Crippen molar-refractivity contribution in [2.24, 2.45) is 5.41 Å². The van der Waals surface area contributed by atoms with E-state index in [9.17, 15) is 14.3 Å². The van der Waals surface area contributed by atoms with Gasteiger partial charge < -0.3 is 5.11 Å². The number of nitrogens with zero attached hydrogens (tertiary/aromatic N) is 3. The van der Waals surface area contributed by atoms with Gasteiger partial charge in [-0.3, -0.25) is 9.88 Å². The smallest absolute Gasteiger partial charge is 0.412 e. The van der Waals surface area contributed by atoms with Gasteiger partial charge in [0.25, 0.3) is 0 Å². The van der Waals surface area contributed by atoms with Gasteiger partial charge >= 0.3 is 6.09 Å². The van der Waals surface area contributed by atoms with Crippen molar-refractivity contribution in [1.29, 1.82) is 0 Å². The number of pyridine rings is 1. The summed E-state index contributed by atoms with van der Waals surface area (Å²) >= 11 is 1.23. The fraction of sp³-hybridized carbons (Fsp3) is 0.400. The van der Waals surface area contributed by atoms with E-state index in [1.54, 1.807) is 6.92 Å². The van der Waals surface area contributed by atoms with Gasteiger partial charge in [-0.1, -0.05) is 32.1 Å². The first-order valence-corrected chi connectivity index (χ1v) is 7.58. The normalized spacial score (nSPS) is 11.5. The highest BCUT2D eigenvalue weighted by Gasteiger charge is 2.26. The molecule has 0 aromatic carbocycles. The second-order valence-corrected chi connectivity index (χ2v) is 7.21. The number of carboxylic acid groups (broad SMARTS) is 1. The number of halogens is 1. The third-order valence-corrected chi connectivity index (χ3v) is 4.06. The highest BCUT2D eigenvalue weighted by molar-refractivity contribution is 7.19. The molecule has 0 atom stereocenters. The average Bonchev–Trinajstić information content (AvgIpc) is 2.77. The van der Waals surface area contributed by atoms with Crippen LogP contribution in [-0.4, -0.2) is 27.7 Å². The van der Waals surface area contributed by atoms with Gasteiger partial charge in [0.2, 0.25) is 0 Å². The van der Waals surface area contributed by atoms with E-state index < -0.39 is 11.9 Å². The van der Waals surface area contributed by atoms with Gasteiger partial charge in [0.05, 0.1) is 11.9 Å². The fourth-order valence-corrected chi connectivity index (χ4v) is 3.03. The van der Waals surface area contributed by atoms with Crippen molar-refractivity contribution in [2.75, 3.05) is 11.4 Å². The van der Waals surface area contributed by atoms with Crippen molar-refractivity contribution in [3.8, 4) is 10.6 Å². The molecule has 0 radical (unpaired) electrons. The zero-order valence-corrected chi connectivity index (χ0v) is 13.7. The maximum atomic E-state index is 13.3. The Morgan fingerprint density at radius 2 is 2.09 bits per heavy atom. The maximum Gasteiger partial charge on any atom is 0.412 e. The van der Waals surface area contributed by atoms with Crippen molar-refractivity contribution < 1.29 is 14.3 Å². The van der Waals surface area contributed by atoms with E-state index in [0.29, 0.717) is 27.8 Å². The van der Waals surface area contributed by atoms with Gasteiger partial charge in [0.15, 0.2) is 0 Å². The first-order valence-electron chi connectivity index (χ1n) is 6.76. The molecule has 0 aliphatic carbocycles. The molecule has 7 heteroatoms. The fourth-order valence-electron chi connectivity index (χ4n) is 1.99. The molecule has 0 fully saturated rings. The van der Waals surface area contributed by atoms with Crippen molar-refractivity contribution in [3.05, 3.63) is 30.0 Å². The summed E-state index contributed by atoms with van der Waals surface area (Å²) in [6.45, 7) is 8.01. The van der Waals surface area contributed by atoms with E-state index in [1.807, 2.05) is 20.8 Å². The minimum atomic E-state index is -1.02. The molecular formula is C15H18FN3O2S. The summed E-state index contributed by atoms with van der Waals surface area (Å²) in [5, 5.41) is 10.6. The number of carbonyl (C=O) groups is 1. The van der Waals surface area contributed by atoms with Crippen LogP contribution in [0, 0.1) is 18.2 Å². The van der Waals surface area contributed by atoms with Gasteiger partial charge in [-0.25, -0.2) is 14.2 Å². The van der Waals surface area contributed by atoms with Gasteiger partial charge in [-0.05, 0) is 18.4 Å². The van der Waals surface area contributed by atoms with Crippen LogP contribution >= 0.6 is 11.3 Å². The summed E-state index contributed by atoms with van der Waals surface area (Å²) < 4.78 is 13.3. The van der Waals surface area contributed by atoms with E-state index in [2.05, 4.69) is 9.97 Å². The second kappa shape index (κ2) is 6.00. The highest BCUT2D eigenvalue weighted by Crippen LogP contribution is 2.35. The molecule has 0 spiro atoms. The Bertz CT molecular complexity index is 694. The molecule has 1 amide bonds. The summed E-state index contributed by atoms with van der Waals surface area (Å²) in [6.07, 6.45) is 1.61. The molecule has 118 valence electrons. The van der Waals surface area contributed by atoms with Crippen molar-refractivity contribution >= 4 is 22.4 Å². The summed E-state index contributed by atoms with van der Waals surface area (Å²) in [4.78, 5) is 21.0. The lowest BCUT2D eigenvalue weighted by Gasteiger charge is -2.26. The molecule has 0 saturated carbocycles. The largest absolute Gasteiger partial charge is 0.465 e. The van der Waals surface area contributed by atoms with E-state index in [-0.39, 0.29) is 5.41 Å². The monoisotopic (exact) mass is 323 g/mol. The number of hydrogen-bond acceptors (Lipinski definition) is 4. The van der Waals surface area contributed by atoms with Crippen LogP contribution in [0.3, 0.4) is 0 Å². The van der Waals surface area contributed by atoms with Gasteiger partial charge in [0, 0.05) is 18.3 Å². The number of thiazole rings is 1. The average molecular weight is 323 g/mol. The van der Waals surface area contributed by atoms with Crippen LogP contribution in [0.1, 0.15) is 26.5 Å². The van der Waals surface area contributed by atoms with Crippen LogP contribution in [0.4, 0.5) is 14.2 Å². The van der Waals surface area contributed by atoms with Crippen molar-refractivity contribution in [2.45, 2.75) is 27.7 Å². The zero-order valence-electron chi connectivity index (χ0n) is 12.9. The molecule has 2 aromatic rings. The van der Waals surface area contributed by atoms with Crippen LogP contribution in [0.25, 0.3) is 10.6 Å². The lowest BCUT2D eigenvalue weighted by molar-refractivity contribution is 0.198. The molecule has 0 aliphatic heterocycles. The topological polar surface area (TPSA) is 66.3 Å². The molecule has 22 heavy (non-hydrogen) atoms. The Labute approximate surface area is 132 Å². The summed E-state index contributed by atoms with van der Waals surface area (Å²) in [5.41, 5.74) is 0.964. The molecule has 0 saturated heterocycles. The molecule has 0 bridgehead atoms. The summed E-state index contributed by atoms with van der Waals surface area (Å²) in [6, 6.07) is 1.34. The van der Waals surface area contributed by atoms with Crippen LogP contribution in [-0.2, 0) is 0 Å². The van der Waals surface area contributed by atoms with Crippen LogP contribution in [0.15, 0.2) is 18.5 Å². The number of rotatable bonds is 3. The van der Waals surface area contributed by atoms with E-state index >= 15 is 0 Å². The Balaban J connectivity index is 2.41. The van der Waals surface area contributed by atoms with Crippen LogP contribution in [0.2, 0.25) is 0 Å². The summed E-state index contributed by atoms with van der Waals surface area (Å²) in [7, 11) is 0. The number of aromatic nitrogens is 2. The maximum absolute atomic E-state index is 13.3. The van der Waals surface area contributed by atoms with E-state index in [0.717, 1.165) is 6.20 Å². The predicted molar refractivity (Wildman–Crippen MR) is 84.9 cm³/mol. The molecule has 2 rings (SSSR count). The number of anilines is 1. The van der Waals surface area contributed by atoms with Crippen molar-refractivity contribution in [3.63, 3.8) is 0 Å². The summed E-state index contributed by atoms with van der Waals surface area (Å²) in [5.74, 6) is -0.448. The van der Waals surface area contributed by atoms with Gasteiger partial charge in [0.1, 0.15) is 15.8 Å². The molecule has 2 heterocycles. The van der Waals surface area contributed by atoms with E-state index in [1.165, 1.54) is 28.5 Å². The first kappa shape index (κ1) is 16.4. The molecule has 5 nitrogen and oxygen atoms in total. The Morgan fingerprint density at radius 1 is 1.41 bits per heavy atom. The number of aryl methyl sites for hydroxylation is 1. The number of amides is 1. The predicted octanol–water partition coefficient (Wildman–Crippen LogP) is 4.18. The molecule has 1 N–H and O–H groups in total. The molecule has 2 aromatic heterocycles. The minimum Gasteiger partial charge on any atom is -0.465 e. The van der Waals surface area contributed by atoms with E-state index in [4.69, 9.17) is 0 Å². The van der Waals surface area contributed by atoms with Gasteiger partial charge in [-0.2, -0.15) is 0 Å². The Morgan fingerprint density at radius 3 is 2.64 bits per heavy atom. The lowest BCUT2D eigenvalue weighted by atomic mass is 9.96. The zero-order chi connectivity index (χ0) is 16.5. The Kier molecular flexibility index (Phi) is 4.46. The molecular weight excluding hydrogens is 305 g/mol. The highest BCUT2D eigenvalue weighted by atomic mass is 32.1. The van der Waals surface area contributed by atoms with Crippen LogP contribution < -0.4 is 4.90 Å². The van der Waals surface area contributed by atoms with Crippen molar-refractivity contribution in [1.82, 2.24) is 9.97 Å². The van der Waals surface area contributed by atoms with Gasteiger partial charge in [-0.15, -0.1) is 0 Å². The minimum absolute atomic E-state index is 0.185. The SMILES string of the molecule is Cc1nc(-c2cncc(F)c2)sc1N(CC(C)(C)C)C(=O)O. The first-order chi connectivity index (χ1) is 10.2. The standard InChI is InChI=1S/C15H18FN3O2S/c1-9-13(19(14(20)21)8-15(2,3)4)22-12(18-9)10-5-11(16)7-17-6-10/h5-7H,8H2,1-4H3,(H,20,21).